The number of methoxy groups -OCH3 is 1. The monoisotopic (exact) mass is 633 g/mol. The largest absolute Gasteiger partial charge is 0.497 e. The standard InChI is InChI=1S/C33H39N5O4S2/c1-5-7-18-38-29(24-13-15-25(41-4)16-14-24)35-36-33(38)43-22(3)30(39)34-31-28(32(40)42-6-2)26-17-19-37(21-27(26)44-31)20-23-11-9-8-10-12-23/h8-16,22H,5-7,17-21H2,1-4H3,(H,34,39)/t22-/m0/s1. The number of benzene rings is 2. The van der Waals surface area contributed by atoms with E-state index in [0.717, 1.165) is 73.0 Å². The second kappa shape index (κ2) is 14.9. The van der Waals surface area contributed by atoms with Gasteiger partial charge in [0.2, 0.25) is 5.91 Å². The van der Waals surface area contributed by atoms with Gasteiger partial charge in [0.15, 0.2) is 11.0 Å². The van der Waals surface area contributed by atoms with Crippen LogP contribution in [0.3, 0.4) is 0 Å². The van der Waals surface area contributed by atoms with E-state index in [4.69, 9.17) is 9.47 Å². The molecule has 11 heteroatoms. The summed E-state index contributed by atoms with van der Waals surface area (Å²) < 4.78 is 12.8. The van der Waals surface area contributed by atoms with E-state index in [2.05, 4.69) is 44.0 Å². The van der Waals surface area contributed by atoms with Gasteiger partial charge >= 0.3 is 5.97 Å². The third kappa shape index (κ3) is 7.34. The smallest absolute Gasteiger partial charge is 0.341 e. The molecule has 0 saturated heterocycles. The Kier molecular flexibility index (Phi) is 10.7. The van der Waals surface area contributed by atoms with E-state index in [1.54, 1.807) is 14.0 Å². The number of thioether (sulfide) groups is 1. The Balaban J connectivity index is 1.34. The van der Waals surface area contributed by atoms with Gasteiger partial charge in [-0.2, -0.15) is 0 Å². The minimum absolute atomic E-state index is 0.198. The van der Waals surface area contributed by atoms with Crippen LogP contribution < -0.4 is 10.1 Å². The number of fused-ring (bicyclic) bond motifs is 1. The summed E-state index contributed by atoms with van der Waals surface area (Å²) in [4.78, 5) is 30.2. The molecule has 0 spiro atoms. The molecule has 1 aliphatic rings. The lowest BCUT2D eigenvalue weighted by Gasteiger charge is -2.27. The molecule has 0 aliphatic carbocycles. The van der Waals surface area contributed by atoms with Gasteiger partial charge in [-0.05, 0) is 62.1 Å². The van der Waals surface area contributed by atoms with Crippen molar-refractivity contribution in [1.29, 1.82) is 0 Å². The number of anilines is 1. The summed E-state index contributed by atoms with van der Waals surface area (Å²) in [5, 5.41) is 12.8. The first kappa shape index (κ1) is 31.7. The van der Waals surface area contributed by atoms with Crippen LogP contribution in [0.15, 0.2) is 59.8 Å². The highest BCUT2D eigenvalue weighted by Crippen LogP contribution is 2.39. The molecule has 2 aromatic heterocycles. The van der Waals surface area contributed by atoms with Crippen LogP contribution in [0.1, 0.15) is 60.0 Å². The Hall–Kier alpha value is -3.67. The number of amides is 1. The molecule has 44 heavy (non-hydrogen) atoms. The fourth-order valence-corrected chi connectivity index (χ4v) is 7.37. The minimum Gasteiger partial charge on any atom is -0.497 e. The molecular weight excluding hydrogens is 595 g/mol. The van der Waals surface area contributed by atoms with E-state index in [9.17, 15) is 9.59 Å². The summed E-state index contributed by atoms with van der Waals surface area (Å²) in [6.45, 7) is 9.18. The quantitative estimate of drug-likeness (QED) is 0.129. The molecule has 0 bridgehead atoms. The van der Waals surface area contributed by atoms with Crippen LogP contribution in [-0.4, -0.2) is 57.1 Å². The number of hydrogen-bond donors (Lipinski definition) is 1. The first-order valence-corrected chi connectivity index (χ1v) is 16.7. The van der Waals surface area contributed by atoms with Gasteiger partial charge in [-0.15, -0.1) is 21.5 Å². The maximum Gasteiger partial charge on any atom is 0.341 e. The van der Waals surface area contributed by atoms with Crippen molar-refractivity contribution in [2.45, 2.75) is 70.1 Å². The summed E-state index contributed by atoms with van der Waals surface area (Å²) in [5.41, 5.74) is 3.66. The number of rotatable bonds is 13. The number of unbranched alkanes of at least 4 members (excludes halogenated alkanes) is 1. The first-order valence-electron chi connectivity index (χ1n) is 15.0. The molecule has 4 aromatic rings. The van der Waals surface area contributed by atoms with E-state index in [1.165, 1.54) is 28.7 Å². The summed E-state index contributed by atoms with van der Waals surface area (Å²) in [6, 6.07) is 18.1. The summed E-state index contributed by atoms with van der Waals surface area (Å²) in [6.07, 6.45) is 2.70. The molecule has 2 aromatic carbocycles. The van der Waals surface area contributed by atoms with Gasteiger partial charge in [-0.3, -0.25) is 9.69 Å². The van der Waals surface area contributed by atoms with Crippen molar-refractivity contribution in [3.8, 4) is 17.1 Å². The Labute approximate surface area is 267 Å². The number of hydrogen-bond acceptors (Lipinski definition) is 9. The maximum absolute atomic E-state index is 13.6. The third-order valence-corrected chi connectivity index (χ3v) is 9.77. The normalized spacial score (nSPS) is 13.7. The van der Waals surface area contributed by atoms with E-state index < -0.39 is 5.25 Å². The van der Waals surface area contributed by atoms with Crippen molar-refractivity contribution < 1.29 is 19.1 Å². The summed E-state index contributed by atoms with van der Waals surface area (Å²) in [7, 11) is 1.64. The molecule has 5 rings (SSSR count). The van der Waals surface area contributed by atoms with Crippen molar-refractivity contribution in [1.82, 2.24) is 19.7 Å². The van der Waals surface area contributed by atoms with Crippen molar-refractivity contribution in [3.63, 3.8) is 0 Å². The second-order valence-corrected chi connectivity index (χ2v) is 13.1. The molecule has 0 unspecified atom stereocenters. The number of ether oxygens (including phenoxy) is 2. The van der Waals surface area contributed by atoms with Crippen molar-refractivity contribution >= 4 is 40.0 Å². The summed E-state index contributed by atoms with van der Waals surface area (Å²) >= 11 is 2.84. The van der Waals surface area contributed by atoms with Crippen LogP contribution in [0.5, 0.6) is 5.75 Å². The molecule has 1 N–H and O–H groups in total. The third-order valence-electron chi connectivity index (χ3n) is 7.55. The predicted octanol–water partition coefficient (Wildman–Crippen LogP) is 6.67. The SMILES string of the molecule is CCCCn1c(S[C@@H](C)C(=O)Nc2sc3c(c2C(=O)OCC)CCN(Cc2ccccc2)C3)nnc1-c1ccc(OC)cc1. The van der Waals surface area contributed by atoms with Crippen LogP contribution in [0, 0.1) is 0 Å². The highest BCUT2D eigenvalue weighted by Gasteiger charge is 2.31. The molecule has 9 nitrogen and oxygen atoms in total. The lowest BCUT2D eigenvalue weighted by molar-refractivity contribution is -0.115. The molecule has 232 valence electrons. The zero-order valence-corrected chi connectivity index (χ0v) is 27.3. The van der Waals surface area contributed by atoms with Gasteiger partial charge in [-0.25, -0.2) is 4.79 Å². The van der Waals surface area contributed by atoms with Gasteiger partial charge in [-0.1, -0.05) is 55.4 Å². The average molecular weight is 634 g/mol. The molecule has 0 radical (unpaired) electrons. The van der Waals surface area contributed by atoms with E-state index >= 15 is 0 Å². The van der Waals surface area contributed by atoms with Gasteiger partial charge in [0, 0.05) is 36.6 Å². The number of thiophene rings is 1. The zero-order chi connectivity index (χ0) is 31.1. The zero-order valence-electron chi connectivity index (χ0n) is 25.7. The van der Waals surface area contributed by atoms with Crippen LogP contribution in [0.4, 0.5) is 5.00 Å². The van der Waals surface area contributed by atoms with E-state index in [-0.39, 0.29) is 18.5 Å². The predicted molar refractivity (Wildman–Crippen MR) is 175 cm³/mol. The van der Waals surface area contributed by atoms with Gasteiger partial charge in [0.05, 0.1) is 24.5 Å². The number of carbonyl (C=O) groups excluding carboxylic acids is 2. The van der Waals surface area contributed by atoms with Crippen molar-refractivity contribution in [2.75, 3.05) is 25.6 Å². The molecule has 1 aliphatic heterocycles. The Morgan fingerprint density at radius 3 is 2.57 bits per heavy atom. The number of carbonyl (C=O) groups is 2. The number of nitrogens with zero attached hydrogens (tertiary/aromatic N) is 4. The van der Waals surface area contributed by atoms with Crippen LogP contribution in [0.2, 0.25) is 0 Å². The van der Waals surface area contributed by atoms with Crippen molar-refractivity contribution in [3.05, 3.63) is 76.2 Å². The maximum atomic E-state index is 13.6. The Morgan fingerprint density at radius 1 is 1.09 bits per heavy atom. The van der Waals surface area contributed by atoms with Gasteiger partial charge < -0.3 is 19.4 Å². The minimum atomic E-state index is -0.480. The molecule has 1 amide bonds. The van der Waals surface area contributed by atoms with Crippen molar-refractivity contribution in [2.24, 2.45) is 0 Å². The number of aromatic nitrogens is 3. The molecule has 0 fully saturated rings. The second-order valence-electron chi connectivity index (χ2n) is 10.7. The highest BCUT2D eigenvalue weighted by molar-refractivity contribution is 8.00. The Morgan fingerprint density at radius 2 is 1.86 bits per heavy atom. The fraction of sp³-hybridized carbons (Fsp3) is 0.394. The molecule has 3 heterocycles. The summed E-state index contributed by atoms with van der Waals surface area (Å²) in [5.74, 6) is 0.943. The van der Waals surface area contributed by atoms with Gasteiger partial charge in [0.1, 0.15) is 10.8 Å². The average Bonchev–Trinajstić information content (AvgIpc) is 3.60. The fourth-order valence-electron chi connectivity index (χ4n) is 5.21. The van der Waals surface area contributed by atoms with Gasteiger partial charge in [0.25, 0.3) is 0 Å². The molecular formula is C33H39N5O4S2. The highest BCUT2D eigenvalue weighted by atomic mass is 32.2. The molecule has 0 saturated carbocycles. The van der Waals surface area contributed by atoms with E-state index in [0.29, 0.717) is 15.7 Å². The first-order chi connectivity index (χ1) is 21.4. The lowest BCUT2D eigenvalue weighted by Crippen LogP contribution is -2.30. The van der Waals surface area contributed by atoms with Crippen LogP contribution in [0.25, 0.3) is 11.4 Å². The Bertz CT molecular complexity index is 1570. The number of esters is 1. The lowest BCUT2D eigenvalue weighted by atomic mass is 10.0. The van der Waals surface area contributed by atoms with Crippen LogP contribution >= 0.6 is 23.1 Å². The van der Waals surface area contributed by atoms with E-state index in [1.807, 2.05) is 49.4 Å². The molecule has 1 atom stereocenters. The number of nitrogens with one attached hydrogen (secondary N) is 1. The van der Waals surface area contributed by atoms with Crippen LogP contribution in [-0.2, 0) is 35.6 Å². The topological polar surface area (TPSA) is 98.6 Å².